The zero-order chi connectivity index (χ0) is 21.8. The van der Waals surface area contributed by atoms with Crippen LogP contribution in [0.3, 0.4) is 0 Å². The summed E-state index contributed by atoms with van der Waals surface area (Å²) in [5.41, 5.74) is 3.35. The highest BCUT2D eigenvalue weighted by molar-refractivity contribution is 6.07. The largest absolute Gasteiger partial charge is 0.309 e. The van der Waals surface area contributed by atoms with Crippen molar-refractivity contribution in [3.05, 3.63) is 156 Å². The van der Waals surface area contributed by atoms with Crippen LogP contribution in [-0.2, 0) is 5.54 Å². The molecule has 0 unspecified atom stereocenters. The third-order valence-corrected chi connectivity index (χ3v) is 5.73. The Morgan fingerprint density at radius 3 is 1.62 bits per heavy atom. The normalized spacial score (nSPS) is 11.2. The van der Waals surface area contributed by atoms with E-state index in [1.54, 1.807) is 37.1 Å². The maximum absolute atomic E-state index is 13.6. The van der Waals surface area contributed by atoms with Crippen LogP contribution in [-0.4, -0.2) is 20.3 Å². The molecule has 0 N–H and O–H groups in total. The van der Waals surface area contributed by atoms with Crippen molar-refractivity contribution in [3.63, 3.8) is 0 Å². The summed E-state index contributed by atoms with van der Waals surface area (Å²) in [6.45, 7) is 0. The van der Waals surface area contributed by atoms with E-state index in [-0.39, 0.29) is 5.78 Å². The van der Waals surface area contributed by atoms with E-state index in [0.717, 1.165) is 16.7 Å². The molecular formula is C28H21N3O. The van der Waals surface area contributed by atoms with Crippen molar-refractivity contribution < 1.29 is 4.79 Å². The molecule has 0 bridgehead atoms. The summed E-state index contributed by atoms with van der Waals surface area (Å²) in [5, 5.41) is 0. The van der Waals surface area contributed by atoms with Crippen molar-refractivity contribution in [1.82, 2.24) is 14.5 Å². The average molecular weight is 415 g/mol. The smallest absolute Gasteiger partial charge is 0.212 e. The fraction of sp³-hybridized carbons (Fsp3) is 0.0357. The lowest BCUT2D eigenvalue weighted by molar-refractivity contribution is 0.102. The molecule has 4 nitrogen and oxygen atoms in total. The van der Waals surface area contributed by atoms with Gasteiger partial charge in [0.15, 0.2) is 0 Å². The molecule has 5 rings (SSSR count). The molecule has 3 aromatic carbocycles. The minimum atomic E-state index is -0.784. The Balaban J connectivity index is 1.85. The van der Waals surface area contributed by atoms with Crippen molar-refractivity contribution in [3.8, 4) is 0 Å². The van der Waals surface area contributed by atoms with Gasteiger partial charge in [0.2, 0.25) is 5.78 Å². The van der Waals surface area contributed by atoms with Gasteiger partial charge in [0.1, 0.15) is 11.2 Å². The lowest BCUT2D eigenvalue weighted by Gasteiger charge is -2.38. The topological polar surface area (TPSA) is 47.8 Å². The second kappa shape index (κ2) is 8.44. The average Bonchev–Trinajstić information content (AvgIpc) is 3.37. The standard InChI is InChI=1S/C28H21N3O/c32-27(22-11-10-18-29-19-22)26-20-30-21-31(26)28(23-12-4-1-5-13-23,24-14-6-2-7-15-24)25-16-8-3-9-17-25/h1-21H. The summed E-state index contributed by atoms with van der Waals surface area (Å²) in [6, 6.07) is 34.3. The van der Waals surface area contributed by atoms with Crippen LogP contribution in [0.5, 0.6) is 0 Å². The molecule has 0 atom stereocenters. The Morgan fingerprint density at radius 1 is 0.625 bits per heavy atom. The highest BCUT2D eigenvalue weighted by Gasteiger charge is 2.40. The third-order valence-electron chi connectivity index (χ3n) is 5.73. The number of carbonyl (C=O) groups excluding carboxylic acids is 1. The molecule has 4 heteroatoms. The van der Waals surface area contributed by atoms with E-state index in [2.05, 4.69) is 46.4 Å². The van der Waals surface area contributed by atoms with Gasteiger partial charge in [0.25, 0.3) is 0 Å². The van der Waals surface area contributed by atoms with Gasteiger partial charge in [-0.1, -0.05) is 91.0 Å². The van der Waals surface area contributed by atoms with Crippen LogP contribution in [0.4, 0.5) is 0 Å². The molecule has 0 fully saturated rings. The fourth-order valence-electron chi connectivity index (χ4n) is 4.33. The van der Waals surface area contributed by atoms with Gasteiger partial charge < -0.3 is 4.57 Å². The highest BCUT2D eigenvalue weighted by Crippen LogP contribution is 2.41. The Labute approximate surface area is 186 Å². The molecule has 0 saturated carbocycles. The number of hydrogen-bond donors (Lipinski definition) is 0. The molecule has 2 heterocycles. The van der Waals surface area contributed by atoms with Gasteiger partial charge in [0, 0.05) is 18.0 Å². The summed E-state index contributed by atoms with van der Waals surface area (Å²) >= 11 is 0. The third kappa shape index (κ3) is 3.22. The molecule has 2 aromatic heterocycles. The van der Waals surface area contributed by atoms with Gasteiger partial charge in [0.05, 0.1) is 12.5 Å². The van der Waals surface area contributed by atoms with Crippen LogP contribution < -0.4 is 0 Å². The first-order chi connectivity index (χ1) is 15.8. The van der Waals surface area contributed by atoms with E-state index in [1.165, 1.54) is 0 Å². The molecule has 32 heavy (non-hydrogen) atoms. The lowest BCUT2D eigenvalue weighted by atomic mass is 9.76. The molecular weight excluding hydrogens is 394 g/mol. The van der Waals surface area contributed by atoms with Gasteiger partial charge in [-0.3, -0.25) is 9.78 Å². The maximum Gasteiger partial charge on any atom is 0.212 e. The Bertz CT molecular complexity index is 1220. The predicted molar refractivity (Wildman–Crippen MR) is 125 cm³/mol. The number of imidazole rings is 1. The van der Waals surface area contributed by atoms with Crippen molar-refractivity contribution in [1.29, 1.82) is 0 Å². The van der Waals surface area contributed by atoms with Crippen LogP contribution in [0.2, 0.25) is 0 Å². The van der Waals surface area contributed by atoms with Gasteiger partial charge in [-0.25, -0.2) is 4.98 Å². The zero-order valence-corrected chi connectivity index (χ0v) is 17.4. The minimum Gasteiger partial charge on any atom is -0.309 e. The maximum atomic E-state index is 13.6. The molecule has 5 aromatic rings. The SMILES string of the molecule is O=C(c1cccnc1)c1cncn1C(c1ccccc1)(c1ccccc1)c1ccccc1. The quantitative estimate of drug-likeness (QED) is 0.277. The van der Waals surface area contributed by atoms with E-state index in [9.17, 15) is 4.79 Å². The van der Waals surface area contributed by atoms with E-state index in [4.69, 9.17) is 0 Å². The number of ketones is 1. The van der Waals surface area contributed by atoms with Crippen molar-refractivity contribution in [2.75, 3.05) is 0 Å². The Kier molecular flexibility index (Phi) is 5.18. The zero-order valence-electron chi connectivity index (χ0n) is 17.4. The molecule has 0 aliphatic carbocycles. The van der Waals surface area contributed by atoms with Crippen LogP contribution in [0.1, 0.15) is 32.7 Å². The Hall–Kier alpha value is -4.31. The van der Waals surface area contributed by atoms with Crippen LogP contribution in [0, 0.1) is 0 Å². The van der Waals surface area contributed by atoms with Crippen molar-refractivity contribution in [2.45, 2.75) is 5.54 Å². The molecule has 0 aliphatic rings. The molecule has 154 valence electrons. The minimum absolute atomic E-state index is 0.122. The summed E-state index contributed by atoms with van der Waals surface area (Å²) in [5.74, 6) is -0.122. The number of nitrogens with zero attached hydrogens (tertiary/aromatic N) is 3. The van der Waals surface area contributed by atoms with Gasteiger partial charge in [-0.15, -0.1) is 0 Å². The molecule has 0 saturated heterocycles. The summed E-state index contributed by atoms with van der Waals surface area (Å²) in [6.07, 6.45) is 6.64. The fourth-order valence-corrected chi connectivity index (χ4v) is 4.33. The Morgan fingerprint density at radius 2 is 1.16 bits per heavy atom. The number of pyridine rings is 1. The van der Waals surface area contributed by atoms with Gasteiger partial charge >= 0.3 is 0 Å². The number of aromatic nitrogens is 3. The van der Waals surface area contributed by atoms with Gasteiger partial charge in [-0.2, -0.15) is 0 Å². The van der Waals surface area contributed by atoms with E-state index in [1.807, 2.05) is 59.2 Å². The first-order valence-corrected chi connectivity index (χ1v) is 10.5. The number of benzene rings is 3. The van der Waals surface area contributed by atoms with E-state index >= 15 is 0 Å². The predicted octanol–water partition coefficient (Wildman–Crippen LogP) is 5.35. The van der Waals surface area contributed by atoms with Crippen molar-refractivity contribution in [2.24, 2.45) is 0 Å². The van der Waals surface area contributed by atoms with Gasteiger partial charge in [-0.05, 0) is 28.8 Å². The second-order valence-corrected chi connectivity index (χ2v) is 7.53. The van der Waals surface area contributed by atoms with Crippen LogP contribution in [0.15, 0.2) is 128 Å². The van der Waals surface area contributed by atoms with E-state index < -0.39 is 5.54 Å². The summed E-state index contributed by atoms with van der Waals surface area (Å²) in [7, 11) is 0. The van der Waals surface area contributed by atoms with Crippen LogP contribution in [0.25, 0.3) is 0 Å². The highest BCUT2D eigenvalue weighted by atomic mass is 16.1. The number of carbonyl (C=O) groups is 1. The molecule has 0 spiro atoms. The van der Waals surface area contributed by atoms with Crippen molar-refractivity contribution >= 4 is 5.78 Å². The molecule has 0 aliphatic heterocycles. The van der Waals surface area contributed by atoms with E-state index in [0.29, 0.717) is 11.3 Å². The first kappa shape index (κ1) is 19.6. The first-order valence-electron chi connectivity index (χ1n) is 10.5. The number of hydrogen-bond acceptors (Lipinski definition) is 3. The molecule has 0 radical (unpaired) electrons. The monoisotopic (exact) mass is 415 g/mol. The second-order valence-electron chi connectivity index (χ2n) is 7.53. The lowest BCUT2D eigenvalue weighted by Crippen LogP contribution is -2.39. The summed E-state index contributed by atoms with van der Waals surface area (Å²) < 4.78 is 1.99. The molecule has 0 amide bonds. The van der Waals surface area contributed by atoms with Crippen LogP contribution >= 0.6 is 0 Å². The number of rotatable bonds is 6. The summed E-state index contributed by atoms with van der Waals surface area (Å²) in [4.78, 5) is 22.1.